The van der Waals surface area contributed by atoms with Crippen LogP contribution in [-0.2, 0) is 14.8 Å². The summed E-state index contributed by atoms with van der Waals surface area (Å²) in [5.41, 5.74) is 1.43. The molecular weight excluding hydrogens is 288 g/mol. The van der Waals surface area contributed by atoms with Gasteiger partial charge in [0.1, 0.15) is 0 Å². The zero-order valence-electron chi connectivity index (χ0n) is 11.5. The van der Waals surface area contributed by atoms with E-state index < -0.39 is 10.0 Å². The van der Waals surface area contributed by atoms with E-state index in [1.54, 1.807) is 6.92 Å². The van der Waals surface area contributed by atoms with Gasteiger partial charge >= 0.3 is 0 Å². The van der Waals surface area contributed by atoms with Gasteiger partial charge in [-0.1, -0.05) is 30.3 Å². The smallest absolute Gasteiger partial charge is 0.241 e. The molecule has 0 saturated carbocycles. The van der Waals surface area contributed by atoms with Gasteiger partial charge in [-0.3, -0.25) is 4.79 Å². The molecule has 0 aliphatic rings. The number of anilines is 1. The van der Waals surface area contributed by atoms with Crippen LogP contribution >= 0.6 is 0 Å². The molecule has 1 unspecified atom stereocenters. The predicted octanol–water partition coefficient (Wildman–Crippen LogP) is 2.29. The second-order valence-electron chi connectivity index (χ2n) is 4.54. The molecule has 0 saturated heterocycles. The van der Waals surface area contributed by atoms with Gasteiger partial charge in [0.05, 0.1) is 4.90 Å². The predicted molar refractivity (Wildman–Crippen MR) is 81.3 cm³/mol. The van der Waals surface area contributed by atoms with Gasteiger partial charge in [-0.2, -0.15) is 0 Å². The molecule has 0 heterocycles. The number of hydrogen-bond acceptors (Lipinski definition) is 3. The summed E-state index contributed by atoms with van der Waals surface area (Å²) >= 11 is 0. The van der Waals surface area contributed by atoms with E-state index in [9.17, 15) is 13.2 Å². The Morgan fingerprint density at radius 2 is 1.62 bits per heavy atom. The summed E-state index contributed by atoms with van der Waals surface area (Å²) in [7, 11) is -3.61. The molecule has 0 radical (unpaired) electrons. The minimum atomic E-state index is -3.61. The average Bonchev–Trinajstić information content (AvgIpc) is 2.48. The maximum absolute atomic E-state index is 12.3. The van der Waals surface area contributed by atoms with Crippen molar-refractivity contribution in [1.29, 1.82) is 0 Å². The highest BCUT2D eigenvalue weighted by Crippen LogP contribution is 2.18. The lowest BCUT2D eigenvalue weighted by Crippen LogP contribution is -2.26. The normalized spacial score (nSPS) is 12.6. The third-order valence-electron chi connectivity index (χ3n) is 3.02. The molecule has 2 aromatic rings. The van der Waals surface area contributed by atoms with Crippen molar-refractivity contribution in [2.45, 2.75) is 17.9 Å². The van der Waals surface area contributed by atoms with Crippen molar-refractivity contribution < 1.29 is 13.2 Å². The number of amides is 1. The van der Waals surface area contributed by atoms with Crippen molar-refractivity contribution in [2.24, 2.45) is 0 Å². The fourth-order valence-corrected chi connectivity index (χ4v) is 3.14. The van der Waals surface area contributed by atoms with Crippen LogP contribution in [0.3, 0.4) is 0 Å². The van der Waals surface area contributed by atoms with E-state index in [1.165, 1.54) is 24.3 Å². The first-order valence-electron chi connectivity index (χ1n) is 6.40. The Balaban J connectivity index is 2.16. The number of carbonyl (C=O) groups excluding carboxylic acids is 1. The van der Waals surface area contributed by atoms with Gasteiger partial charge in [0.25, 0.3) is 0 Å². The first-order chi connectivity index (χ1) is 10.0. The lowest BCUT2D eigenvalue weighted by Gasteiger charge is -2.14. The number of nitrogens with one attached hydrogen (secondary N) is 2. The van der Waals surface area contributed by atoms with Gasteiger partial charge in [-0.15, -0.1) is 0 Å². The zero-order chi connectivity index (χ0) is 15.3. The van der Waals surface area contributed by atoms with Crippen LogP contribution in [0, 0.1) is 0 Å². The molecule has 2 aromatic carbocycles. The van der Waals surface area contributed by atoms with Crippen molar-refractivity contribution in [1.82, 2.24) is 4.72 Å². The highest BCUT2D eigenvalue weighted by Gasteiger charge is 2.18. The van der Waals surface area contributed by atoms with Gasteiger partial charge in [0, 0.05) is 11.7 Å². The summed E-state index contributed by atoms with van der Waals surface area (Å²) in [5, 5.41) is 2.46. The number of rotatable bonds is 6. The lowest BCUT2D eigenvalue weighted by molar-refractivity contribution is -0.105. The molecule has 0 spiro atoms. The first kappa shape index (κ1) is 15.2. The SMILES string of the molecule is CC(NS(=O)(=O)c1ccc(NC=O)cc1)c1ccccc1. The maximum atomic E-state index is 12.3. The quantitative estimate of drug-likeness (QED) is 0.804. The summed E-state index contributed by atoms with van der Waals surface area (Å²) < 4.78 is 27.2. The molecule has 0 aromatic heterocycles. The van der Waals surface area contributed by atoms with Crippen molar-refractivity contribution in [3.63, 3.8) is 0 Å². The molecule has 2 rings (SSSR count). The van der Waals surface area contributed by atoms with Crippen LogP contribution in [-0.4, -0.2) is 14.8 Å². The van der Waals surface area contributed by atoms with E-state index in [0.717, 1.165) is 5.56 Å². The van der Waals surface area contributed by atoms with Crippen LogP contribution in [0.1, 0.15) is 18.5 Å². The number of carbonyl (C=O) groups is 1. The summed E-state index contributed by atoms with van der Waals surface area (Å²) in [5.74, 6) is 0. The molecule has 2 N–H and O–H groups in total. The van der Waals surface area contributed by atoms with E-state index in [2.05, 4.69) is 10.0 Å². The first-order valence-corrected chi connectivity index (χ1v) is 7.89. The van der Waals surface area contributed by atoms with Crippen LogP contribution in [0.2, 0.25) is 0 Å². The largest absolute Gasteiger partial charge is 0.329 e. The van der Waals surface area contributed by atoms with E-state index in [-0.39, 0.29) is 10.9 Å². The molecule has 6 heteroatoms. The Bertz CT molecular complexity index is 697. The molecule has 1 atom stereocenters. The minimum absolute atomic E-state index is 0.154. The number of sulfonamides is 1. The second-order valence-corrected chi connectivity index (χ2v) is 6.25. The van der Waals surface area contributed by atoms with E-state index in [1.807, 2.05) is 30.3 Å². The summed E-state index contributed by atoms with van der Waals surface area (Å²) in [6.07, 6.45) is 0.541. The highest BCUT2D eigenvalue weighted by molar-refractivity contribution is 7.89. The Labute approximate surface area is 124 Å². The van der Waals surface area contributed by atoms with Crippen LogP contribution in [0.4, 0.5) is 5.69 Å². The Morgan fingerprint density at radius 3 is 2.19 bits per heavy atom. The summed E-state index contributed by atoms with van der Waals surface area (Å²) in [4.78, 5) is 10.5. The van der Waals surface area contributed by atoms with Gasteiger partial charge in [0.15, 0.2) is 0 Å². The van der Waals surface area contributed by atoms with Crippen molar-refractivity contribution in [3.8, 4) is 0 Å². The van der Waals surface area contributed by atoms with E-state index in [0.29, 0.717) is 12.1 Å². The molecule has 0 bridgehead atoms. The molecule has 1 amide bonds. The van der Waals surface area contributed by atoms with Gasteiger partial charge in [0.2, 0.25) is 16.4 Å². The molecule has 0 aliphatic carbocycles. The lowest BCUT2D eigenvalue weighted by atomic mass is 10.1. The Hall–Kier alpha value is -2.18. The molecule has 21 heavy (non-hydrogen) atoms. The van der Waals surface area contributed by atoms with E-state index in [4.69, 9.17) is 0 Å². The van der Waals surface area contributed by atoms with Crippen LogP contribution in [0.25, 0.3) is 0 Å². The van der Waals surface area contributed by atoms with Crippen LogP contribution in [0.15, 0.2) is 59.5 Å². The molecule has 5 nitrogen and oxygen atoms in total. The van der Waals surface area contributed by atoms with Crippen LogP contribution in [0.5, 0.6) is 0 Å². The minimum Gasteiger partial charge on any atom is -0.329 e. The number of hydrogen-bond donors (Lipinski definition) is 2. The topological polar surface area (TPSA) is 75.3 Å². The second kappa shape index (κ2) is 6.51. The fourth-order valence-electron chi connectivity index (χ4n) is 1.91. The standard InChI is InChI=1S/C15H16N2O3S/c1-12(13-5-3-2-4-6-13)17-21(19,20)15-9-7-14(8-10-15)16-11-18/h2-12,17H,1H3,(H,16,18). The van der Waals surface area contributed by atoms with Gasteiger partial charge in [-0.05, 0) is 36.8 Å². The van der Waals surface area contributed by atoms with Gasteiger partial charge in [-0.25, -0.2) is 13.1 Å². The van der Waals surface area contributed by atoms with E-state index >= 15 is 0 Å². The Kier molecular flexibility index (Phi) is 4.72. The number of benzene rings is 2. The third kappa shape index (κ3) is 3.90. The molecule has 0 aliphatic heterocycles. The summed E-state index contributed by atoms with van der Waals surface area (Å²) in [6.45, 7) is 1.79. The van der Waals surface area contributed by atoms with Crippen molar-refractivity contribution >= 4 is 22.1 Å². The van der Waals surface area contributed by atoms with Crippen molar-refractivity contribution in [3.05, 3.63) is 60.2 Å². The third-order valence-corrected chi connectivity index (χ3v) is 4.58. The summed E-state index contributed by atoms with van der Waals surface area (Å²) in [6, 6.07) is 15.0. The monoisotopic (exact) mass is 304 g/mol. The van der Waals surface area contributed by atoms with Crippen LogP contribution < -0.4 is 10.0 Å². The molecule has 0 fully saturated rings. The average molecular weight is 304 g/mol. The fraction of sp³-hybridized carbons (Fsp3) is 0.133. The maximum Gasteiger partial charge on any atom is 0.241 e. The molecule has 110 valence electrons. The highest BCUT2D eigenvalue weighted by atomic mass is 32.2. The van der Waals surface area contributed by atoms with Crippen molar-refractivity contribution in [2.75, 3.05) is 5.32 Å². The van der Waals surface area contributed by atoms with Gasteiger partial charge < -0.3 is 5.32 Å². The zero-order valence-corrected chi connectivity index (χ0v) is 12.3. The Morgan fingerprint density at radius 1 is 1.00 bits per heavy atom. The molecular formula is C15H16N2O3S.